The molecule has 0 radical (unpaired) electrons. The molecule has 0 saturated carbocycles. The van der Waals surface area contributed by atoms with E-state index in [2.05, 4.69) is 4.74 Å². The summed E-state index contributed by atoms with van der Waals surface area (Å²) in [7, 11) is 0. The number of carboxylic acid groups (broad SMARTS) is 1. The fraction of sp³-hybridized carbons (Fsp3) is 0.471. The number of aliphatic carboxylic acids is 1. The van der Waals surface area contributed by atoms with E-state index in [-0.39, 0.29) is 24.8 Å². The Bertz CT molecular complexity index is 742. The Labute approximate surface area is 160 Å². The second kappa shape index (κ2) is 9.14. The third-order valence-corrected chi connectivity index (χ3v) is 3.77. The molecule has 2 N–H and O–H groups in total. The lowest BCUT2D eigenvalue weighted by Gasteiger charge is -2.21. The molecule has 0 heterocycles. The van der Waals surface area contributed by atoms with Crippen LogP contribution in [-0.4, -0.2) is 35.6 Å². The maximum Gasteiger partial charge on any atom is 0.416 e. The number of carboxylic acids is 1. The van der Waals surface area contributed by atoms with Crippen molar-refractivity contribution >= 4 is 17.8 Å². The van der Waals surface area contributed by atoms with Crippen LogP contribution >= 0.6 is 0 Å². The molecule has 1 aromatic rings. The molecular weight excluding hydrogens is 412 g/mol. The SMILES string of the molecule is CCOC(=O)C[C@H](C)[C@@H](NC(=O)c1cc(C(F)(F)F)cc(C(F)(F)F)c1)C(=O)O. The maximum absolute atomic E-state index is 12.9. The summed E-state index contributed by atoms with van der Waals surface area (Å²) >= 11 is 0. The van der Waals surface area contributed by atoms with Crippen LogP contribution in [0.3, 0.4) is 0 Å². The fourth-order valence-corrected chi connectivity index (χ4v) is 2.36. The zero-order chi connectivity index (χ0) is 22.6. The Morgan fingerprint density at radius 2 is 1.52 bits per heavy atom. The molecule has 0 unspecified atom stereocenters. The zero-order valence-electron chi connectivity index (χ0n) is 15.1. The zero-order valence-corrected chi connectivity index (χ0v) is 15.1. The number of esters is 1. The van der Waals surface area contributed by atoms with Gasteiger partial charge in [-0.3, -0.25) is 9.59 Å². The van der Waals surface area contributed by atoms with Gasteiger partial charge in [0.2, 0.25) is 0 Å². The number of rotatable bonds is 7. The van der Waals surface area contributed by atoms with Crippen LogP contribution in [0.2, 0.25) is 0 Å². The van der Waals surface area contributed by atoms with Crippen molar-refractivity contribution in [3.8, 4) is 0 Å². The van der Waals surface area contributed by atoms with Crippen LogP contribution in [0.5, 0.6) is 0 Å². The number of nitrogens with one attached hydrogen (secondary N) is 1. The van der Waals surface area contributed by atoms with E-state index in [4.69, 9.17) is 0 Å². The molecule has 0 aliphatic rings. The number of benzene rings is 1. The molecule has 0 aliphatic carbocycles. The van der Waals surface area contributed by atoms with E-state index in [1.807, 2.05) is 5.32 Å². The van der Waals surface area contributed by atoms with Crippen LogP contribution in [-0.2, 0) is 26.7 Å². The fourth-order valence-electron chi connectivity index (χ4n) is 2.36. The van der Waals surface area contributed by atoms with Gasteiger partial charge >= 0.3 is 24.3 Å². The number of amides is 1. The molecule has 1 amide bonds. The summed E-state index contributed by atoms with van der Waals surface area (Å²) in [5.74, 6) is -4.93. The highest BCUT2D eigenvalue weighted by Gasteiger charge is 2.38. The molecule has 0 saturated heterocycles. The highest BCUT2D eigenvalue weighted by Crippen LogP contribution is 2.36. The molecule has 1 rings (SSSR count). The second-order valence-electron chi connectivity index (χ2n) is 6.07. The average Bonchev–Trinajstić information content (AvgIpc) is 2.57. The van der Waals surface area contributed by atoms with Crippen LogP contribution in [0, 0.1) is 5.92 Å². The predicted molar refractivity (Wildman–Crippen MR) is 85.8 cm³/mol. The number of carbonyl (C=O) groups excluding carboxylic acids is 2. The Hall–Kier alpha value is -2.79. The first-order valence-corrected chi connectivity index (χ1v) is 8.15. The molecule has 2 atom stereocenters. The topological polar surface area (TPSA) is 92.7 Å². The smallest absolute Gasteiger partial charge is 0.416 e. The predicted octanol–water partition coefficient (Wildman–Crippen LogP) is 3.50. The first-order valence-electron chi connectivity index (χ1n) is 8.15. The highest BCUT2D eigenvalue weighted by atomic mass is 19.4. The van der Waals surface area contributed by atoms with Crippen molar-refractivity contribution < 1.29 is 50.6 Å². The lowest BCUT2D eigenvalue weighted by atomic mass is 9.97. The number of ether oxygens (including phenoxy) is 1. The van der Waals surface area contributed by atoms with Gasteiger partial charge in [-0.15, -0.1) is 0 Å². The summed E-state index contributed by atoms with van der Waals surface area (Å²) in [5, 5.41) is 11.1. The minimum atomic E-state index is -5.17. The van der Waals surface area contributed by atoms with Crippen LogP contribution in [0.15, 0.2) is 18.2 Å². The summed E-state index contributed by atoms with van der Waals surface area (Å²) < 4.78 is 82.0. The van der Waals surface area contributed by atoms with Crippen LogP contribution in [0.4, 0.5) is 26.3 Å². The molecule has 12 heteroatoms. The Balaban J connectivity index is 3.20. The van der Waals surface area contributed by atoms with Gasteiger partial charge in [0, 0.05) is 5.56 Å². The lowest BCUT2D eigenvalue weighted by Crippen LogP contribution is -2.45. The summed E-state index contributed by atoms with van der Waals surface area (Å²) in [6.07, 6.45) is -10.8. The van der Waals surface area contributed by atoms with Crippen molar-refractivity contribution in [3.63, 3.8) is 0 Å². The molecule has 0 aliphatic heterocycles. The number of alkyl halides is 6. The quantitative estimate of drug-likeness (QED) is 0.511. The molecule has 0 spiro atoms. The van der Waals surface area contributed by atoms with Crippen molar-refractivity contribution in [3.05, 3.63) is 34.9 Å². The summed E-state index contributed by atoms with van der Waals surface area (Å²) in [4.78, 5) is 35.0. The first kappa shape index (κ1) is 24.2. The molecule has 162 valence electrons. The molecule has 6 nitrogen and oxygen atoms in total. The first-order chi connectivity index (χ1) is 13.2. The largest absolute Gasteiger partial charge is 0.480 e. The highest BCUT2D eigenvalue weighted by molar-refractivity contribution is 5.97. The summed E-state index contributed by atoms with van der Waals surface area (Å²) in [5.41, 5.74) is -4.46. The number of carbonyl (C=O) groups is 3. The van der Waals surface area contributed by atoms with Gasteiger partial charge in [0.05, 0.1) is 24.2 Å². The Morgan fingerprint density at radius 1 is 1.03 bits per heavy atom. The number of hydrogen-bond donors (Lipinski definition) is 2. The van der Waals surface area contributed by atoms with Gasteiger partial charge in [-0.1, -0.05) is 6.92 Å². The molecule has 29 heavy (non-hydrogen) atoms. The van der Waals surface area contributed by atoms with Crippen LogP contribution < -0.4 is 5.32 Å². The van der Waals surface area contributed by atoms with Crippen molar-refractivity contribution in [1.29, 1.82) is 0 Å². The minimum Gasteiger partial charge on any atom is -0.480 e. The van der Waals surface area contributed by atoms with E-state index >= 15 is 0 Å². The Morgan fingerprint density at radius 3 is 1.90 bits per heavy atom. The van der Waals surface area contributed by atoms with Crippen molar-refractivity contribution in [2.45, 2.75) is 38.7 Å². The summed E-state index contributed by atoms with van der Waals surface area (Å²) in [6.45, 7) is 2.77. The van der Waals surface area contributed by atoms with Crippen molar-refractivity contribution in [2.24, 2.45) is 5.92 Å². The van der Waals surface area contributed by atoms with Crippen LogP contribution in [0.1, 0.15) is 41.8 Å². The third kappa shape index (κ3) is 6.95. The molecule has 0 aromatic heterocycles. The molecule has 0 fully saturated rings. The van der Waals surface area contributed by atoms with E-state index in [9.17, 15) is 45.8 Å². The van der Waals surface area contributed by atoms with E-state index in [1.54, 1.807) is 0 Å². The van der Waals surface area contributed by atoms with Crippen molar-refractivity contribution in [2.75, 3.05) is 6.61 Å². The van der Waals surface area contributed by atoms with E-state index < -0.39 is 65.3 Å². The normalized spacial score (nSPS) is 14.1. The van der Waals surface area contributed by atoms with Gasteiger partial charge in [-0.05, 0) is 31.0 Å². The van der Waals surface area contributed by atoms with Crippen LogP contribution in [0.25, 0.3) is 0 Å². The summed E-state index contributed by atoms with van der Waals surface area (Å²) in [6, 6.07) is -1.55. The van der Waals surface area contributed by atoms with E-state index in [1.165, 1.54) is 13.8 Å². The second-order valence-corrected chi connectivity index (χ2v) is 6.07. The van der Waals surface area contributed by atoms with Crippen molar-refractivity contribution in [1.82, 2.24) is 5.32 Å². The van der Waals surface area contributed by atoms with Gasteiger partial charge in [0.25, 0.3) is 5.91 Å². The monoisotopic (exact) mass is 429 g/mol. The molecule has 1 aromatic carbocycles. The number of hydrogen-bond acceptors (Lipinski definition) is 4. The maximum atomic E-state index is 12.9. The van der Waals surface area contributed by atoms with Gasteiger partial charge < -0.3 is 15.2 Å². The van der Waals surface area contributed by atoms with Gasteiger partial charge in [0.1, 0.15) is 6.04 Å². The Kier molecular flexibility index (Phi) is 7.64. The van der Waals surface area contributed by atoms with Gasteiger partial charge in [-0.25, -0.2) is 4.79 Å². The molecule has 0 bridgehead atoms. The lowest BCUT2D eigenvalue weighted by molar-refractivity contribution is -0.146. The van der Waals surface area contributed by atoms with E-state index in [0.29, 0.717) is 0 Å². The van der Waals surface area contributed by atoms with Gasteiger partial charge in [-0.2, -0.15) is 26.3 Å². The average molecular weight is 429 g/mol. The van der Waals surface area contributed by atoms with E-state index in [0.717, 1.165) is 0 Å². The minimum absolute atomic E-state index is 0.0140. The standard InChI is InChI=1S/C17H17F6NO5/c1-3-29-12(25)4-8(2)13(15(27)28)24-14(26)9-5-10(16(18,19)20)7-11(6-9)17(21,22)23/h5-8,13H,3-4H2,1-2H3,(H,24,26)(H,27,28)/t8-,13+/m0/s1. The number of halogens is 6. The third-order valence-electron chi connectivity index (χ3n) is 3.77. The van der Waals surface area contributed by atoms with Gasteiger partial charge in [0.15, 0.2) is 0 Å². The molecular formula is C17H17F6NO5.